The first kappa shape index (κ1) is 18.6. The minimum Gasteiger partial charge on any atom is -0.496 e. The van der Waals surface area contributed by atoms with Crippen LogP contribution in [0, 0.1) is 5.41 Å². The zero-order valence-corrected chi connectivity index (χ0v) is 15.8. The molecule has 0 spiro atoms. The van der Waals surface area contributed by atoms with Gasteiger partial charge in [-0.3, -0.25) is 9.59 Å². The summed E-state index contributed by atoms with van der Waals surface area (Å²) in [4.78, 5) is 25.2. The van der Waals surface area contributed by atoms with E-state index in [1.165, 1.54) is 0 Å². The standard InChI is InChI=1S/C17H21BrO6/c1-5-23-15(19)17(16(20)24-6-2)8-10-11(9-17)14(22-4)12(18)7-13(10)21-3/h7H,5-6,8-9H2,1-4H3. The Bertz CT molecular complexity index is 637. The number of fused-ring (bicyclic) bond motifs is 1. The SMILES string of the molecule is CCOC(=O)C1(C(=O)OCC)Cc2c(OC)cc(Br)c(OC)c2C1. The highest BCUT2D eigenvalue weighted by Gasteiger charge is 2.54. The fourth-order valence-corrected chi connectivity index (χ4v) is 3.67. The minimum absolute atomic E-state index is 0.152. The van der Waals surface area contributed by atoms with Crippen LogP contribution in [0.4, 0.5) is 0 Å². The van der Waals surface area contributed by atoms with E-state index in [4.69, 9.17) is 18.9 Å². The summed E-state index contributed by atoms with van der Waals surface area (Å²) in [5.41, 5.74) is 0.110. The maximum atomic E-state index is 12.6. The molecule has 1 aliphatic rings. The van der Waals surface area contributed by atoms with Crippen molar-refractivity contribution in [2.75, 3.05) is 27.4 Å². The molecule has 0 aliphatic heterocycles. The molecule has 2 rings (SSSR count). The van der Waals surface area contributed by atoms with E-state index in [1.54, 1.807) is 34.1 Å². The van der Waals surface area contributed by atoms with E-state index in [2.05, 4.69) is 15.9 Å². The van der Waals surface area contributed by atoms with Gasteiger partial charge in [-0.05, 0) is 35.8 Å². The monoisotopic (exact) mass is 400 g/mol. The number of hydrogen-bond acceptors (Lipinski definition) is 6. The van der Waals surface area contributed by atoms with Gasteiger partial charge in [0.25, 0.3) is 0 Å². The third-order valence-electron chi connectivity index (χ3n) is 4.12. The highest BCUT2D eigenvalue weighted by Crippen LogP contribution is 2.49. The molecule has 0 fully saturated rings. The Balaban J connectivity index is 2.58. The van der Waals surface area contributed by atoms with Crippen LogP contribution in [0.1, 0.15) is 25.0 Å². The second-order valence-corrected chi connectivity index (χ2v) is 6.28. The molecule has 1 aromatic carbocycles. The second kappa shape index (κ2) is 7.42. The Morgan fingerprint density at radius 3 is 2.04 bits per heavy atom. The molecule has 0 saturated heterocycles. The summed E-state index contributed by atoms with van der Waals surface area (Å²) in [5, 5.41) is 0. The largest absolute Gasteiger partial charge is 0.496 e. The van der Waals surface area contributed by atoms with Crippen molar-refractivity contribution in [3.8, 4) is 11.5 Å². The van der Waals surface area contributed by atoms with E-state index in [-0.39, 0.29) is 26.1 Å². The van der Waals surface area contributed by atoms with Gasteiger partial charge in [-0.2, -0.15) is 0 Å². The number of halogens is 1. The van der Waals surface area contributed by atoms with E-state index in [0.717, 1.165) is 11.1 Å². The lowest BCUT2D eigenvalue weighted by Crippen LogP contribution is -2.43. The fraction of sp³-hybridized carbons (Fsp3) is 0.529. The number of rotatable bonds is 6. The van der Waals surface area contributed by atoms with Crippen LogP contribution in [-0.2, 0) is 31.9 Å². The van der Waals surface area contributed by atoms with Crippen molar-refractivity contribution >= 4 is 27.9 Å². The molecular weight excluding hydrogens is 380 g/mol. The molecule has 0 N–H and O–H groups in total. The van der Waals surface area contributed by atoms with Crippen molar-refractivity contribution in [2.45, 2.75) is 26.7 Å². The van der Waals surface area contributed by atoms with Gasteiger partial charge in [-0.25, -0.2) is 0 Å². The van der Waals surface area contributed by atoms with Crippen molar-refractivity contribution < 1.29 is 28.5 Å². The topological polar surface area (TPSA) is 71.1 Å². The zero-order valence-electron chi connectivity index (χ0n) is 14.2. The van der Waals surface area contributed by atoms with E-state index >= 15 is 0 Å². The number of esters is 2. The Morgan fingerprint density at radius 2 is 1.58 bits per heavy atom. The Hall–Kier alpha value is -1.76. The van der Waals surface area contributed by atoms with Crippen LogP contribution in [0.15, 0.2) is 10.5 Å². The highest BCUT2D eigenvalue weighted by molar-refractivity contribution is 9.10. The summed E-state index contributed by atoms with van der Waals surface area (Å²) in [6.45, 7) is 3.79. The summed E-state index contributed by atoms with van der Waals surface area (Å²) in [6.07, 6.45) is 0.311. The summed E-state index contributed by atoms with van der Waals surface area (Å²) in [6, 6.07) is 1.77. The molecule has 0 heterocycles. The molecule has 7 heteroatoms. The van der Waals surface area contributed by atoms with Gasteiger partial charge in [0, 0.05) is 24.0 Å². The number of carbonyl (C=O) groups is 2. The number of ether oxygens (including phenoxy) is 4. The smallest absolute Gasteiger partial charge is 0.324 e. The Labute approximate surface area is 149 Å². The van der Waals surface area contributed by atoms with Crippen LogP contribution in [0.25, 0.3) is 0 Å². The minimum atomic E-state index is -1.41. The molecule has 6 nitrogen and oxygen atoms in total. The molecule has 1 aliphatic carbocycles. The molecule has 1 aromatic rings. The lowest BCUT2D eigenvalue weighted by atomic mass is 9.84. The number of benzene rings is 1. The number of hydrogen-bond donors (Lipinski definition) is 0. The Morgan fingerprint density at radius 1 is 1.04 bits per heavy atom. The molecule has 24 heavy (non-hydrogen) atoms. The average Bonchev–Trinajstić information content (AvgIpc) is 2.96. The van der Waals surface area contributed by atoms with Crippen molar-refractivity contribution in [2.24, 2.45) is 5.41 Å². The maximum absolute atomic E-state index is 12.6. The van der Waals surface area contributed by atoms with Crippen LogP contribution in [0.3, 0.4) is 0 Å². The van der Waals surface area contributed by atoms with Gasteiger partial charge >= 0.3 is 11.9 Å². The first-order valence-electron chi connectivity index (χ1n) is 7.71. The normalized spacial score (nSPS) is 14.7. The first-order valence-corrected chi connectivity index (χ1v) is 8.51. The second-order valence-electron chi connectivity index (χ2n) is 5.43. The van der Waals surface area contributed by atoms with E-state index in [1.807, 2.05) is 0 Å². The van der Waals surface area contributed by atoms with Crippen LogP contribution in [0.2, 0.25) is 0 Å². The van der Waals surface area contributed by atoms with Crippen LogP contribution >= 0.6 is 15.9 Å². The quantitative estimate of drug-likeness (QED) is 0.539. The summed E-state index contributed by atoms with van der Waals surface area (Å²) in [7, 11) is 3.09. The van der Waals surface area contributed by atoms with Crippen molar-refractivity contribution in [1.29, 1.82) is 0 Å². The van der Waals surface area contributed by atoms with Gasteiger partial charge in [0.15, 0.2) is 5.41 Å². The third kappa shape index (κ3) is 2.97. The van der Waals surface area contributed by atoms with E-state index in [0.29, 0.717) is 16.0 Å². The maximum Gasteiger partial charge on any atom is 0.324 e. The van der Waals surface area contributed by atoms with Crippen molar-refractivity contribution in [3.05, 3.63) is 21.7 Å². The van der Waals surface area contributed by atoms with Crippen LogP contribution in [-0.4, -0.2) is 39.4 Å². The molecule has 0 saturated carbocycles. The summed E-state index contributed by atoms with van der Waals surface area (Å²) < 4.78 is 21.9. The van der Waals surface area contributed by atoms with Gasteiger partial charge < -0.3 is 18.9 Å². The van der Waals surface area contributed by atoms with Gasteiger partial charge in [-0.15, -0.1) is 0 Å². The summed E-state index contributed by atoms with van der Waals surface area (Å²) >= 11 is 3.44. The van der Waals surface area contributed by atoms with Crippen LogP contribution < -0.4 is 9.47 Å². The predicted molar refractivity (Wildman–Crippen MR) is 90.4 cm³/mol. The van der Waals surface area contributed by atoms with Crippen molar-refractivity contribution in [1.82, 2.24) is 0 Å². The van der Waals surface area contributed by atoms with Crippen molar-refractivity contribution in [3.63, 3.8) is 0 Å². The lowest BCUT2D eigenvalue weighted by Gasteiger charge is -2.24. The highest BCUT2D eigenvalue weighted by atomic mass is 79.9. The number of methoxy groups -OCH3 is 2. The van der Waals surface area contributed by atoms with Gasteiger partial charge in [0.1, 0.15) is 11.5 Å². The zero-order chi connectivity index (χ0) is 17.9. The van der Waals surface area contributed by atoms with Gasteiger partial charge in [0.05, 0.1) is 31.9 Å². The van der Waals surface area contributed by atoms with E-state index in [9.17, 15) is 9.59 Å². The molecule has 0 amide bonds. The molecule has 0 aromatic heterocycles. The average molecular weight is 401 g/mol. The molecule has 0 atom stereocenters. The molecule has 0 radical (unpaired) electrons. The summed E-state index contributed by atoms with van der Waals surface area (Å²) in [5.74, 6) is 0.00850. The molecule has 0 bridgehead atoms. The molecule has 132 valence electrons. The van der Waals surface area contributed by atoms with Gasteiger partial charge in [0.2, 0.25) is 0 Å². The predicted octanol–water partition coefficient (Wildman–Crippen LogP) is 2.68. The lowest BCUT2D eigenvalue weighted by molar-refractivity contribution is -0.171. The van der Waals surface area contributed by atoms with Gasteiger partial charge in [-0.1, -0.05) is 0 Å². The molecule has 0 unspecified atom stereocenters. The van der Waals surface area contributed by atoms with Crippen LogP contribution in [0.5, 0.6) is 11.5 Å². The molecular formula is C17H21BrO6. The first-order chi connectivity index (χ1) is 11.4. The third-order valence-corrected chi connectivity index (χ3v) is 4.71. The number of carbonyl (C=O) groups excluding carboxylic acids is 2. The van der Waals surface area contributed by atoms with E-state index < -0.39 is 17.4 Å². The Kier molecular flexibility index (Phi) is 5.74. The fourth-order valence-electron chi connectivity index (χ4n) is 3.06.